The average molecular weight is 601 g/mol. The molecule has 0 saturated heterocycles. The van der Waals surface area contributed by atoms with E-state index in [9.17, 15) is 9.59 Å². The number of halogens is 2. The normalized spacial score (nSPS) is 11.8. The minimum absolute atomic E-state index is 0.163. The number of rotatable bonds is 14. The molecule has 3 aromatic rings. The monoisotopic (exact) mass is 599 g/mol. The van der Waals surface area contributed by atoms with E-state index in [-0.39, 0.29) is 19.1 Å². The van der Waals surface area contributed by atoms with E-state index in [0.29, 0.717) is 45.9 Å². The van der Waals surface area contributed by atoms with Crippen molar-refractivity contribution in [3.63, 3.8) is 0 Å². The summed E-state index contributed by atoms with van der Waals surface area (Å²) in [7, 11) is 0. The molecule has 0 heterocycles. The van der Waals surface area contributed by atoms with Crippen LogP contribution >= 0.6 is 23.2 Å². The topological polar surface area (TPSA) is 98.2 Å². The fourth-order valence-electron chi connectivity index (χ4n) is 3.84. The van der Waals surface area contributed by atoms with Crippen LogP contribution in [-0.4, -0.2) is 37.3 Å². The van der Waals surface area contributed by atoms with Crippen LogP contribution in [0.4, 0.5) is 0 Å². The Morgan fingerprint density at radius 2 is 1.73 bits per heavy atom. The first-order valence-corrected chi connectivity index (χ1v) is 14.1. The highest BCUT2D eigenvalue weighted by atomic mass is 35.5. The Labute approximate surface area is 251 Å². The molecule has 2 amide bonds. The predicted molar refractivity (Wildman–Crippen MR) is 162 cm³/mol. The van der Waals surface area contributed by atoms with E-state index in [1.165, 1.54) is 6.21 Å². The van der Waals surface area contributed by atoms with Gasteiger partial charge < -0.3 is 19.5 Å². The standard InChI is InChI=1S/C31H35Cl2N3O5/c1-5-39-29-15-22(10-13-28(29)40-18-23-11-12-24(32)16-25(23)33)17-34-36-31(38)26(14-20(2)3)35-30(37)19-41-27-9-7-6-8-21(27)4/h6-13,15-17,20,26H,5,14,18-19H2,1-4H3,(H,35,37)(H,36,38)/b34-17-/t26-/m0/s1. The zero-order chi connectivity index (χ0) is 29.8. The average Bonchev–Trinajstić information content (AvgIpc) is 2.92. The van der Waals surface area contributed by atoms with E-state index in [1.54, 1.807) is 42.5 Å². The molecule has 1 atom stereocenters. The second-order valence-corrected chi connectivity index (χ2v) is 10.5. The molecule has 0 saturated carbocycles. The molecule has 0 unspecified atom stereocenters. The van der Waals surface area contributed by atoms with Gasteiger partial charge in [-0.2, -0.15) is 5.10 Å². The summed E-state index contributed by atoms with van der Waals surface area (Å²) in [6, 6.07) is 17.2. The second kappa shape index (κ2) is 15.9. The largest absolute Gasteiger partial charge is 0.490 e. The molecule has 0 aliphatic heterocycles. The number of hydrogen-bond acceptors (Lipinski definition) is 6. The lowest BCUT2D eigenvalue weighted by molar-refractivity contribution is -0.130. The summed E-state index contributed by atoms with van der Waals surface area (Å²) in [5.74, 6) is 1.02. The Morgan fingerprint density at radius 1 is 0.951 bits per heavy atom. The molecule has 3 rings (SSSR count). The van der Waals surface area contributed by atoms with Crippen LogP contribution in [0.5, 0.6) is 17.2 Å². The van der Waals surface area contributed by atoms with Crippen LogP contribution in [0.3, 0.4) is 0 Å². The predicted octanol–water partition coefficient (Wildman–Crippen LogP) is 6.34. The third-order valence-electron chi connectivity index (χ3n) is 5.87. The molecule has 3 aromatic carbocycles. The van der Waals surface area contributed by atoms with Gasteiger partial charge in [0.05, 0.1) is 12.8 Å². The summed E-state index contributed by atoms with van der Waals surface area (Å²) >= 11 is 12.2. The number of carbonyl (C=O) groups is 2. The van der Waals surface area contributed by atoms with Crippen molar-refractivity contribution in [3.05, 3.63) is 87.4 Å². The number of para-hydroxylation sites is 1. The zero-order valence-electron chi connectivity index (χ0n) is 23.6. The maximum atomic E-state index is 12.9. The summed E-state index contributed by atoms with van der Waals surface area (Å²) in [6.45, 7) is 8.18. The van der Waals surface area contributed by atoms with Crippen molar-refractivity contribution < 1.29 is 23.8 Å². The van der Waals surface area contributed by atoms with E-state index in [0.717, 1.165) is 11.1 Å². The lowest BCUT2D eigenvalue weighted by Crippen LogP contribution is -2.47. The van der Waals surface area contributed by atoms with Gasteiger partial charge >= 0.3 is 0 Å². The zero-order valence-corrected chi connectivity index (χ0v) is 25.1. The van der Waals surface area contributed by atoms with Crippen molar-refractivity contribution in [1.29, 1.82) is 0 Å². The molecule has 0 aliphatic rings. The van der Waals surface area contributed by atoms with E-state index in [1.807, 2.05) is 45.9 Å². The van der Waals surface area contributed by atoms with Gasteiger partial charge in [-0.3, -0.25) is 9.59 Å². The number of ether oxygens (including phenoxy) is 3. The molecule has 0 aromatic heterocycles. The maximum Gasteiger partial charge on any atom is 0.262 e. The summed E-state index contributed by atoms with van der Waals surface area (Å²) in [5.41, 5.74) is 4.92. The molecule has 8 nitrogen and oxygen atoms in total. The van der Waals surface area contributed by atoms with Gasteiger partial charge in [0.25, 0.3) is 11.8 Å². The molecule has 0 fully saturated rings. The fourth-order valence-corrected chi connectivity index (χ4v) is 4.30. The molecular formula is C31H35Cl2N3O5. The van der Waals surface area contributed by atoms with Crippen molar-refractivity contribution in [2.45, 2.75) is 46.8 Å². The highest BCUT2D eigenvalue weighted by molar-refractivity contribution is 6.35. The van der Waals surface area contributed by atoms with Crippen LogP contribution in [0.25, 0.3) is 0 Å². The number of amides is 2. The first kappa shape index (κ1) is 31.8. The Hall–Kier alpha value is -3.75. The number of aryl methyl sites for hydroxylation is 1. The van der Waals surface area contributed by atoms with Crippen LogP contribution < -0.4 is 25.0 Å². The number of nitrogens with one attached hydrogen (secondary N) is 2. The molecule has 0 bridgehead atoms. The van der Waals surface area contributed by atoms with E-state index < -0.39 is 17.9 Å². The molecule has 0 aliphatic carbocycles. The Morgan fingerprint density at radius 3 is 2.44 bits per heavy atom. The molecule has 2 N–H and O–H groups in total. The van der Waals surface area contributed by atoms with Crippen LogP contribution in [0.15, 0.2) is 65.8 Å². The van der Waals surface area contributed by atoms with E-state index in [4.69, 9.17) is 37.4 Å². The highest BCUT2D eigenvalue weighted by Crippen LogP contribution is 2.30. The number of hydrogen-bond donors (Lipinski definition) is 2. The molecule has 0 radical (unpaired) electrons. The molecular weight excluding hydrogens is 565 g/mol. The van der Waals surface area contributed by atoms with Crippen molar-refractivity contribution in [2.75, 3.05) is 13.2 Å². The van der Waals surface area contributed by atoms with Crippen molar-refractivity contribution in [3.8, 4) is 17.2 Å². The van der Waals surface area contributed by atoms with Crippen LogP contribution in [0.2, 0.25) is 10.0 Å². The third-order valence-corrected chi connectivity index (χ3v) is 6.45. The Balaban J connectivity index is 1.60. The number of benzene rings is 3. The lowest BCUT2D eigenvalue weighted by atomic mass is 10.0. The van der Waals surface area contributed by atoms with Gasteiger partial charge in [0.2, 0.25) is 0 Å². The molecule has 10 heteroatoms. The van der Waals surface area contributed by atoms with Crippen molar-refractivity contribution in [1.82, 2.24) is 10.7 Å². The first-order valence-electron chi connectivity index (χ1n) is 13.3. The SMILES string of the molecule is CCOc1cc(/C=N\NC(=O)[C@H](CC(C)C)NC(=O)COc2ccccc2C)ccc1OCc1ccc(Cl)cc1Cl. The molecule has 0 spiro atoms. The van der Waals surface area contributed by atoms with E-state index >= 15 is 0 Å². The van der Waals surface area contributed by atoms with Gasteiger partial charge in [-0.25, -0.2) is 5.43 Å². The third kappa shape index (κ3) is 10.3. The van der Waals surface area contributed by atoms with Crippen LogP contribution in [-0.2, 0) is 16.2 Å². The minimum Gasteiger partial charge on any atom is -0.490 e. The lowest BCUT2D eigenvalue weighted by Gasteiger charge is -2.19. The smallest absolute Gasteiger partial charge is 0.262 e. The summed E-state index contributed by atoms with van der Waals surface area (Å²) in [4.78, 5) is 25.4. The van der Waals surface area contributed by atoms with Gasteiger partial charge in [-0.05, 0) is 73.7 Å². The highest BCUT2D eigenvalue weighted by Gasteiger charge is 2.22. The number of hydrazone groups is 1. The Kier molecular flexibility index (Phi) is 12.3. The minimum atomic E-state index is -0.769. The molecule has 218 valence electrons. The summed E-state index contributed by atoms with van der Waals surface area (Å²) in [6.07, 6.45) is 1.94. The van der Waals surface area contributed by atoms with Crippen molar-refractivity contribution in [2.24, 2.45) is 11.0 Å². The van der Waals surface area contributed by atoms with Crippen molar-refractivity contribution >= 4 is 41.2 Å². The summed E-state index contributed by atoms with van der Waals surface area (Å²) < 4.78 is 17.3. The van der Waals surface area contributed by atoms with Gasteiger partial charge in [-0.1, -0.05) is 61.3 Å². The van der Waals surface area contributed by atoms with Gasteiger partial charge in [-0.15, -0.1) is 0 Å². The van der Waals surface area contributed by atoms with Gasteiger partial charge in [0, 0.05) is 15.6 Å². The van der Waals surface area contributed by atoms with Crippen LogP contribution in [0, 0.1) is 12.8 Å². The second-order valence-electron chi connectivity index (χ2n) is 9.70. The fraction of sp³-hybridized carbons (Fsp3) is 0.323. The summed E-state index contributed by atoms with van der Waals surface area (Å²) in [5, 5.41) is 7.91. The van der Waals surface area contributed by atoms with Gasteiger partial charge in [0.15, 0.2) is 18.1 Å². The van der Waals surface area contributed by atoms with E-state index in [2.05, 4.69) is 15.8 Å². The molecule has 41 heavy (non-hydrogen) atoms. The first-order chi connectivity index (χ1) is 19.7. The van der Waals surface area contributed by atoms with Crippen LogP contribution in [0.1, 0.15) is 43.9 Å². The van der Waals surface area contributed by atoms with Gasteiger partial charge in [0.1, 0.15) is 18.4 Å². The Bertz CT molecular complexity index is 1360. The maximum absolute atomic E-state index is 12.9. The quantitative estimate of drug-likeness (QED) is 0.166. The number of carbonyl (C=O) groups excluding carboxylic acids is 2. The number of nitrogens with zero attached hydrogens (tertiary/aromatic N) is 1.